The highest BCUT2D eigenvalue weighted by Gasteiger charge is 2.17. The molecule has 1 atom stereocenters. The van der Waals surface area contributed by atoms with Gasteiger partial charge in [0.1, 0.15) is 11.9 Å². The van der Waals surface area contributed by atoms with Gasteiger partial charge in [0.15, 0.2) is 0 Å². The van der Waals surface area contributed by atoms with Gasteiger partial charge in [0, 0.05) is 18.9 Å². The Balaban J connectivity index is 0.00000392. The number of aliphatic hydroxyl groups excluding tert-OH is 1. The fourth-order valence-corrected chi connectivity index (χ4v) is 3.46. The zero-order valence-electron chi connectivity index (χ0n) is 17.4. The van der Waals surface area contributed by atoms with Gasteiger partial charge in [0.2, 0.25) is 0 Å². The van der Waals surface area contributed by atoms with Crippen molar-refractivity contribution in [3.8, 4) is 0 Å². The largest absolute Gasteiger partial charge is 0.381 e. The number of imidazole rings is 1. The Labute approximate surface area is 177 Å². The lowest BCUT2D eigenvalue weighted by Gasteiger charge is -2.16. The minimum absolute atomic E-state index is 0. The first kappa shape index (κ1) is 24.5. The number of aliphatic hydroxyl groups is 1. The zero-order valence-corrected chi connectivity index (χ0v) is 18.2. The van der Waals surface area contributed by atoms with Crippen LogP contribution in [0.4, 0.5) is 0 Å². The van der Waals surface area contributed by atoms with Crippen LogP contribution in [0, 0.1) is 0 Å². The van der Waals surface area contributed by atoms with Crippen molar-refractivity contribution in [1.29, 1.82) is 0 Å². The lowest BCUT2D eigenvalue weighted by molar-refractivity contribution is 0.196. The first-order chi connectivity index (χ1) is 13.2. The summed E-state index contributed by atoms with van der Waals surface area (Å²) < 4.78 is 2.02. The molecule has 0 amide bonds. The Hall–Kier alpha value is -1.58. The average Bonchev–Trinajstić information content (AvgIpc) is 3.14. The molecule has 1 aromatic carbocycles. The number of nitrogens with zero attached hydrogens (tertiary/aromatic N) is 2. The first-order valence-electron chi connectivity index (χ1n) is 10.6. The second-order valence-electron chi connectivity index (χ2n) is 7.54. The molecule has 28 heavy (non-hydrogen) atoms. The second-order valence-corrected chi connectivity index (χ2v) is 7.54. The number of rotatable bonds is 14. The van der Waals surface area contributed by atoms with Gasteiger partial charge in [0.05, 0.1) is 0 Å². The minimum Gasteiger partial charge on any atom is -0.381 e. The van der Waals surface area contributed by atoms with Gasteiger partial charge in [-0.1, -0.05) is 95.2 Å². The summed E-state index contributed by atoms with van der Waals surface area (Å²) in [6.45, 7) is 7.10. The van der Waals surface area contributed by atoms with Crippen molar-refractivity contribution in [3.63, 3.8) is 0 Å². The van der Waals surface area contributed by atoms with Crippen LogP contribution in [0.1, 0.15) is 88.6 Å². The summed E-state index contributed by atoms with van der Waals surface area (Å²) in [5, 5.41) is 10.7. The van der Waals surface area contributed by atoms with Gasteiger partial charge in [-0.3, -0.25) is 0 Å². The molecule has 3 nitrogen and oxygen atoms in total. The summed E-state index contributed by atoms with van der Waals surface area (Å²) in [7, 11) is 0. The molecule has 2 aromatic rings. The molecule has 0 aliphatic heterocycles. The molecule has 0 radical (unpaired) electrons. The smallest absolute Gasteiger partial charge is 0.142 e. The molecule has 0 saturated carbocycles. The zero-order chi connectivity index (χ0) is 19.3. The standard InChI is InChI=1S/C24H36N2O.ClH/c1-3-4-5-6-7-8-9-10-12-15-21(2)23(27)24-25-18-19-26(24)20-22-16-13-11-14-17-22;/h11,13-14,16-19,23,27H,2-10,12,15,20H2,1H3;1H. The fourth-order valence-electron chi connectivity index (χ4n) is 3.46. The van der Waals surface area contributed by atoms with E-state index in [0.717, 1.165) is 25.0 Å². The SMILES string of the molecule is C=C(CCCCCCCCCCC)C(O)c1nccn1Cc1ccccc1.Cl. The monoisotopic (exact) mass is 404 g/mol. The molecule has 2 rings (SSSR count). The predicted molar refractivity (Wildman–Crippen MR) is 121 cm³/mol. The summed E-state index contributed by atoms with van der Waals surface area (Å²) in [4.78, 5) is 4.38. The maximum absolute atomic E-state index is 10.7. The summed E-state index contributed by atoms with van der Waals surface area (Å²) in [6.07, 6.45) is 15.6. The number of aromatic nitrogens is 2. The average molecular weight is 405 g/mol. The van der Waals surface area contributed by atoms with E-state index in [1.54, 1.807) is 6.20 Å². The van der Waals surface area contributed by atoms with Gasteiger partial charge in [-0.2, -0.15) is 0 Å². The molecule has 0 bridgehead atoms. The van der Waals surface area contributed by atoms with Gasteiger partial charge in [0.25, 0.3) is 0 Å². The Morgan fingerprint density at radius 2 is 1.61 bits per heavy atom. The van der Waals surface area contributed by atoms with Crippen molar-refractivity contribution >= 4 is 12.4 Å². The van der Waals surface area contributed by atoms with E-state index in [-0.39, 0.29) is 12.4 Å². The van der Waals surface area contributed by atoms with E-state index in [0.29, 0.717) is 5.82 Å². The molecule has 0 aliphatic rings. The fraction of sp³-hybridized carbons (Fsp3) is 0.542. The molecule has 4 heteroatoms. The third kappa shape index (κ3) is 8.62. The van der Waals surface area contributed by atoms with Crippen LogP contribution in [-0.4, -0.2) is 14.7 Å². The van der Waals surface area contributed by atoms with Crippen LogP contribution in [0.15, 0.2) is 54.9 Å². The predicted octanol–water partition coefficient (Wildman–Crippen LogP) is 6.86. The summed E-state index contributed by atoms with van der Waals surface area (Å²) in [5.74, 6) is 0.694. The van der Waals surface area contributed by atoms with Crippen LogP contribution in [-0.2, 0) is 6.54 Å². The number of halogens is 1. The molecule has 1 aromatic heterocycles. The highest BCUT2D eigenvalue weighted by Crippen LogP contribution is 2.24. The normalized spacial score (nSPS) is 11.8. The van der Waals surface area contributed by atoms with Crippen LogP contribution < -0.4 is 0 Å². The van der Waals surface area contributed by atoms with Gasteiger partial charge < -0.3 is 9.67 Å². The van der Waals surface area contributed by atoms with Crippen LogP contribution in [0.5, 0.6) is 0 Å². The Morgan fingerprint density at radius 3 is 2.25 bits per heavy atom. The Kier molecular flexibility index (Phi) is 12.6. The van der Waals surface area contributed by atoms with E-state index in [1.807, 2.05) is 29.0 Å². The summed E-state index contributed by atoms with van der Waals surface area (Å²) in [6, 6.07) is 10.3. The number of hydrogen-bond donors (Lipinski definition) is 1. The lowest BCUT2D eigenvalue weighted by Crippen LogP contribution is -2.11. The van der Waals surface area contributed by atoms with Crippen LogP contribution in [0.3, 0.4) is 0 Å². The Morgan fingerprint density at radius 1 is 1.00 bits per heavy atom. The molecular formula is C24H37ClN2O. The second kappa shape index (κ2) is 14.4. The van der Waals surface area contributed by atoms with Crippen molar-refractivity contribution in [2.75, 3.05) is 0 Å². The molecule has 1 N–H and O–H groups in total. The molecule has 1 unspecified atom stereocenters. The molecule has 0 fully saturated rings. The van der Waals surface area contributed by atoms with E-state index in [4.69, 9.17) is 0 Å². The van der Waals surface area contributed by atoms with E-state index >= 15 is 0 Å². The van der Waals surface area contributed by atoms with E-state index in [2.05, 4.69) is 30.6 Å². The Bertz CT molecular complexity index is 654. The third-order valence-corrected chi connectivity index (χ3v) is 5.18. The molecule has 0 saturated heterocycles. The highest BCUT2D eigenvalue weighted by molar-refractivity contribution is 5.85. The van der Waals surface area contributed by atoms with Crippen molar-refractivity contribution in [1.82, 2.24) is 9.55 Å². The van der Waals surface area contributed by atoms with E-state index < -0.39 is 6.10 Å². The number of hydrogen-bond acceptors (Lipinski definition) is 2. The third-order valence-electron chi connectivity index (χ3n) is 5.18. The van der Waals surface area contributed by atoms with Gasteiger partial charge >= 0.3 is 0 Å². The van der Waals surface area contributed by atoms with Crippen LogP contribution in [0.2, 0.25) is 0 Å². The van der Waals surface area contributed by atoms with Crippen LogP contribution in [0.25, 0.3) is 0 Å². The lowest BCUT2D eigenvalue weighted by atomic mass is 10.0. The van der Waals surface area contributed by atoms with Crippen molar-refractivity contribution in [2.24, 2.45) is 0 Å². The maximum Gasteiger partial charge on any atom is 0.142 e. The van der Waals surface area contributed by atoms with Gasteiger partial charge in [-0.05, 0) is 24.0 Å². The quantitative estimate of drug-likeness (QED) is 0.275. The molecular weight excluding hydrogens is 368 g/mol. The first-order valence-corrected chi connectivity index (χ1v) is 10.6. The molecule has 0 spiro atoms. The number of unbranched alkanes of at least 4 members (excludes halogenated alkanes) is 8. The highest BCUT2D eigenvalue weighted by atomic mass is 35.5. The van der Waals surface area contributed by atoms with Crippen molar-refractivity contribution in [2.45, 2.75) is 83.8 Å². The van der Waals surface area contributed by atoms with E-state index in [9.17, 15) is 5.11 Å². The topological polar surface area (TPSA) is 38.1 Å². The van der Waals surface area contributed by atoms with Crippen molar-refractivity contribution in [3.05, 3.63) is 66.3 Å². The van der Waals surface area contributed by atoms with Crippen LogP contribution >= 0.6 is 12.4 Å². The maximum atomic E-state index is 10.7. The van der Waals surface area contributed by atoms with Crippen molar-refractivity contribution < 1.29 is 5.11 Å². The molecule has 0 aliphatic carbocycles. The van der Waals surface area contributed by atoms with Gasteiger partial charge in [-0.25, -0.2) is 4.98 Å². The molecule has 156 valence electrons. The van der Waals surface area contributed by atoms with E-state index in [1.165, 1.54) is 56.9 Å². The number of benzene rings is 1. The minimum atomic E-state index is -0.683. The van der Waals surface area contributed by atoms with Gasteiger partial charge in [-0.15, -0.1) is 12.4 Å². The summed E-state index contributed by atoms with van der Waals surface area (Å²) in [5.41, 5.74) is 2.08. The summed E-state index contributed by atoms with van der Waals surface area (Å²) >= 11 is 0. The molecule has 1 heterocycles.